The number of hydrogen-bond acceptors (Lipinski definition) is 2. The number of nitrogens with zero attached hydrogens (tertiary/aromatic N) is 2. The van der Waals surface area contributed by atoms with Gasteiger partial charge in [-0.1, -0.05) is 42.5 Å². The Morgan fingerprint density at radius 2 is 1.85 bits per heavy atom. The molecule has 4 heteroatoms. The lowest BCUT2D eigenvalue weighted by atomic mass is 9.97. The van der Waals surface area contributed by atoms with E-state index in [2.05, 4.69) is 23.2 Å². The van der Waals surface area contributed by atoms with Crippen molar-refractivity contribution < 1.29 is 4.79 Å². The molecule has 1 aliphatic heterocycles. The Morgan fingerprint density at radius 3 is 2.65 bits per heavy atom. The number of rotatable bonds is 2. The van der Waals surface area contributed by atoms with E-state index in [1.807, 2.05) is 29.2 Å². The van der Waals surface area contributed by atoms with E-state index in [1.165, 1.54) is 0 Å². The van der Waals surface area contributed by atoms with E-state index in [0.29, 0.717) is 11.9 Å². The third-order valence-corrected chi connectivity index (χ3v) is 4.06. The molecular weight excluding hydrogens is 250 g/mol. The zero-order chi connectivity index (χ0) is 13.7. The van der Waals surface area contributed by atoms with Crippen molar-refractivity contribution in [2.24, 2.45) is 10.7 Å². The summed E-state index contributed by atoms with van der Waals surface area (Å²) in [5.41, 5.74) is 7.11. The molecule has 1 heterocycles. The second-order valence-electron chi connectivity index (χ2n) is 5.43. The van der Waals surface area contributed by atoms with E-state index >= 15 is 0 Å². The summed E-state index contributed by atoms with van der Waals surface area (Å²) in [5, 5.41) is 2.30. The molecule has 1 saturated carbocycles. The van der Waals surface area contributed by atoms with E-state index in [4.69, 9.17) is 5.73 Å². The summed E-state index contributed by atoms with van der Waals surface area (Å²) < 4.78 is 0. The van der Waals surface area contributed by atoms with Gasteiger partial charge in [0.1, 0.15) is 11.9 Å². The molecule has 4 rings (SSSR count). The molecular formula is C16H15N3O. The van der Waals surface area contributed by atoms with Crippen molar-refractivity contribution in [3.63, 3.8) is 0 Å². The van der Waals surface area contributed by atoms with Crippen LogP contribution in [0.2, 0.25) is 0 Å². The smallest absolute Gasteiger partial charge is 0.346 e. The number of fused-ring (bicyclic) bond motifs is 1. The van der Waals surface area contributed by atoms with Crippen LogP contribution in [0.5, 0.6) is 0 Å². The maximum Gasteiger partial charge on any atom is 0.346 e. The molecule has 0 saturated heterocycles. The van der Waals surface area contributed by atoms with Gasteiger partial charge in [0.05, 0.1) is 0 Å². The van der Waals surface area contributed by atoms with Crippen molar-refractivity contribution in [3.8, 4) is 0 Å². The van der Waals surface area contributed by atoms with Crippen LogP contribution < -0.4 is 5.73 Å². The second kappa shape index (κ2) is 4.07. The predicted molar refractivity (Wildman–Crippen MR) is 78.6 cm³/mol. The molecule has 2 aliphatic rings. The van der Waals surface area contributed by atoms with Crippen LogP contribution in [0.1, 0.15) is 24.4 Å². The number of amides is 2. The lowest BCUT2D eigenvalue weighted by molar-refractivity contribution is 0.203. The zero-order valence-corrected chi connectivity index (χ0v) is 11.0. The summed E-state index contributed by atoms with van der Waals surface area (Å²) >= 11 is 0. The topological polar surface area (TPSA) is 58.7 Å². The highest BCUT2D eigenvalue weighted by Gasteiger charge is 2.44. The van der Waals surface area contributed by atoms with Gasteiger partial charge in [0.15, 0.2) is 0 Å². The van der Waals surface area contributed by atoms with Gasteiger partial charge in [-0.15, -0.1) is 0 Å². The quantitative estimate of drug-likeness (QED) is 0.907. The maximum atomic E-state index is 12.0. The summed E-state index contributed by atoms with van der Waals surface area (Å²) in [7, 11) is 0. The third kappa shape index (κ3) is 1.61. The zero-order valence-electron chi connectivity index (χ0n) is 11.0. The van der Waals surface area contributed by atoms with Crippen LogP contribution in [0.25, 0.3) is 10.8 Å². The molecule has 20 heavy (non-hydrogen) atoms. The van der Waals surface area contributed by atoms with Gasteiger partial charge in [-0.25, -0.2) is 4.79 Å². The molecule has 2 aromatic carbocycles. The largest absolute Gasteiger partial charge is 0.385 e. The number of carbonyl (C=O) groups is 1. The predicted octanol–water partition coefficient (Wildman–Crippen LogP) is 2.84. The van der Waals surface area contributed by atoms with Crippen LogP contribution in [0, 0.1) is 0 Å². The van der Waals surface area contributed by atoms with Gasteiger partial charge in [0.2, 0.25) is 0 Å². The Hall–Kier alpha value is -2.36. The summed E-state index contributed by atoms with van der Waals surface area (Å²) in [6.45, 7) is 0. The molecule has 0 spiro atoms. The van der Waals surface area contributed by atoms with Gasteiger partial charge >= 0.3 is 6.03 Å². The normalized spacial score (nSPS) is 22.4. The van der Waals surface area contributed by atoms with Crippen LogP contribution in [0.3, 0.4) is 0 Å². The molecule has 2 amide bonds. The number of amidine groups is 1. The molecule has 0 bridgehead atoms. The van der Waals surface area contributed by atoms with Gasteiger partial charge < -0.3 is 10.6 Å². The first-order chi connectivity index (χ1) is 9.75. The van der Waals surface area contributed by atoms with Crippen LogP contribution >= 0.6 is 0 Å². The molecule has 1 fully saturated rings. The van der Waals surface area contributed by atoms with E-state index in [1.54, 1.807) is 0 Å². The van der Waals surface area contributed by atoms with Crippen LogP contribution in [-0.4, -0.2) is 22.8 Å². The average molecular weight is 265 g/mol. The van der Waals surface area contributed by atoms with E-state index < -0.39 is 0 Å². The van der Waals surface area contributed by atoms with E-state index in [0.717, 1.165) is 29.2 Å². The molecule has 1 atom stereocenters. The van der Waals surface area contributed by atoms with Crippen LogP contribution in [0.4, 0.5) is 4.79 Å². The van der Waals surface area contributed by atoms with Crippen LogP contribution in [-0.2, 0) is 0 Å². The summed E-state index contributed by atoms with van der Waals surface area (Å²) in [6.07, 6.45) is 2.10. The molecule has 0 aromatic heterocycles. The first kappa shape index (κ1) is 11.5. The molecule has 2 aromatic rings. The minimum absolute atomic E-state index is 0.192. The number of nitrogens with two attached hydrogens (primary N) is 1. The number of benzene rings is 2. The Labute approximate surface area is 116 Å². The number of hydrogen-bond donors (Lipinski definition) is 1. The Kier molecular flexibility index (Phi) is 2.33. The Bertz CT molecular complexity index is 728. The monoisotopic (exact) mass is 265 g/mol. The Balaban J connectivity index is 1.89. The highest BCUT2D eigenvalue weighted by atomic mass is 16.2. The molecule has 4 nitrogen and oxygen atoms in total. The fraction of sp³-hybridized carbons (Fsp3) is 0.250. The van der Waals surface area contributed by atoms with E-state index in [9.17, 15) is 4.79 Å². The lowest BCUT2D eigenvalue weighted by Crippen LogP contribution is -2.35. The van der Waals surface area contributed by atoms with E-state index in [-0.39, 0.29) is 12.1 Å². The van der Waals surface area contributed by atoms with Crippen molar-refractivity contribution in [1.29, 1.82) is 0 Å². The fourth-order valence-electron chi connectivity index (χ4n) is 3.00. The van der Waals surface area contributed by atoms with Gasteiger partial charge in [-0.05, 0) is 29.2 Å². The average Bonchev–Trinajstić information content (AvgIpc) is 3.24. The number of urea groups is 1. The highest BCUT2D eigenvalue weighted by molar-refractivity contribution is 6.05. The molecule has 1 unspecified atom stereocenters. The van der Waals surface area contributed by atoms with Gasteiger partial charge in [-0.3, -0.25) is 0 Å². The molecule has 100 valence electrons. The first-order valence-corrected chi connectivity index (χ1v) is 6.90. The number of aliphatic imine (C=N–C) groups is 1. The molecule has 1 aliphatic carbocycles. The summed E-state index contributed by atoms with van der Waals surface area (Å²) in [4.78, 5) is 17.9. The van der Waals surface area contributed by atoms with Crippen molar-refractivity contribution in [3.05, 3.63) is 48.0 Å². The summed E-state index contributed by atoms with van der Waals surface area (Å²) in [6, 6.07) is 14.2. The SMILES string of the molecule is NC1=NC(=O)N(C2CC2)C1c1cccc2ccccc12. The fourth-order valence-corrected chi connectivity index (χ4v) is 3.00. The van der Waals surface area contributed by atoms with Crippen molar-refractivity contribution >= 4 is 22.6 Å². The van der Waals surface area contributed by atoms with Gasteiger partial charge in [0, 0.05) is 6.04 Å². The van der Waals surface area contributed by atoms with Crippen molar-refractivity contribution in [2.45, 2.75) is 24.9 Å². The molecule has 0 radical (unpaired) electrons. The first-order valence-electron chi connectivity index (χ1n) is 6.90. The molecule has 2 N–H and O–H groups in total. The van der Waals surface area contributed by atoms with Gasteiger partial charge in [-0.2, -0.15) is 4.99 Å². The minimum atomic E-state index is -0.207. The standard InChI is InChI=1S/C16H15N3O/c17-15-14(19(11-8-9-11)16(20)18-15)13-7-3-5-10-4-1-2-6-12(10)13/h1-7,11,14H,8-9H2,(H2,17,18,20). The van der Waals surface area contributed by atoms with Crippen molar-refractivity contribution in [2.75, 3.05) is 0 Å². The lowest BCUT2D eigenvalue weighted by Gasteiger charge is -2.25. The maximum absolute atomic E-state index is 12.0. The minimum Gasteiger partial charge on any atom is -0.385 e. The summed E-state index contributed by atoms with van der Waals surface area (Å²) in [5.74, 6) is 0.415. The third-order valence-electron chi connectivity index (χ3n) is 4.06. The van der Waals surface area contributed by atoms with Gasteiger partial charge in [0.25, 0.3) is 0 Å². The van der Waals surface area contributed by atoms with Crippen LogP contribution in [0.15, 0.2) is 47.5 Å². The Morgan fingerprint density at radius 1 is 1.10 bits per heavy atom. The van der Waals surface area contributed by atoms with Crippen molar-refractivity contribution in [1.82, 2.24) is 4.90 Å². The number of carbonyl (C=O) groups excluding carboxylic acids is 1. The highest BCUT2D eigenvalue weighted by Crippen LogP contribution is 2.39. The second-order valence-corrected chi connectivity index (χ2v) is 5.43.